The second-order valence-electron chi connectivity index (χ2n) is 8.31. The summed E-state index contributed by atoms with van der Waals surface area (Å²) in [7, 11) is 0. The lowest BCUT2D eigenvalue weighted by Gasteiger charge is -2.07. The first-order chi connectivity index (χ1) is 17.7. The van der Waals surface area contributed by atoms with Crippen LogP contribution in [0.3, 0.4) is 0 Å². The van der Waals surface area contributed by atoms with Crippen molar-refractivity contribution in [3.8, 4) is 10.6 Å². The number of aryl methyl sites for hydroxylation is 1. The molecule has 8 nitrogen and oxygen atoms in total. The van der Waals surface area contributed by atoms with Crippen LogP contribution in [-0.4, -0.2) is 19.7 Å². The molecule has 11 heteroatoms. The van der Waals surface area contributed by atoms with Gasteiger partial charge in [0.2, 0.25) is 0 Å². The molecule has 0 unspecified atom stereocenters. The molecule has 5 rings (SSSR count). The highest BCUT2D eigenvalue weighted by atomic mass is 35.5. The van der Waals surface area contributed by atoms with Gasteiger partial charge in [-0.25, -0.2) is 9.97 Å². The van der Waals surface area contributed by atoms with Gasteiger partial charge in [0.25, 0.3) is 0 Å². The monoisotopic (exact) mass is 552 g/mol. The van der Waals surface area contributed by atoms with Crippen molar-refractivity contribution in [3.05, 3.63) is 98.7 Å². The number of nitrogen functional groups attached to an aromatic ring is 4. The zero-order valence-electron chi connectivity index (χ0n) is 20.0. The number of nitrogens with zero attached hydrogens (tertiary/aromatic N) is 4. The fraction of sp³-hybridized carbons (Fsp3) is 0.115. The molecule has 8 N–H and O–H groups in total. The number of halogens is 2. The molecule has 0 saturated heterocycles. The number of benzene rings is 2. The summed E-state index contributed by atoms with van der Waals surface area (Å²) < 4.78 is 1.89. The molecule has 3 aromatic heterocycles. The maximum absolute atomic E-state index is 6.03. The molecule has 190 valence electrons. The molecule has 37 heavy (non-hydrogen) atoms. The van der Waals surface area contributed by atoms with Gasteiger partial charge in [-0.3, -0.25) is 4.68 Å². The van der Waals surface area contributed by atoms with E-state index in [9.17, 15) is 0 Å². The minimum atomic E-state index is 0.252. The number of aromatic nitrogens is 4. The van der Waals surface area contributed by atoms with E-state index in [0.717, 1.165) is 43.0 Å². The molecule has 3 heterocycles. The van der Waals surface area contributed by atoms with Crippen LogP contribution in [0.2, 0.25) is 10.0 Å². The normalized spacial score (nSPS) is 10.7. The van der Waals surface area contributed by atoms with Gasteiger partial charge in [-0.1, -0.05) is 35.3 Å². The second-order valence-corrected chi connectivity index (χ2v) is 10.3. The number of hydrogen-bond acceptors (Lipinski definition) is 8. The van der Waals surface area contributed by atoms with Crippen molar-refractivity contribution in [2.24, 2.45) is 0 Å². The van der Waals surface area contributed by atoms with Crippen LogP contribution in [0, 0.1) is 6.92 Å². The van der Waals surface area contributed by atoms with Crippen LogP contribution in [0.25, 0.3) is 10.6 Å². The lowest BCUT2D eigenvalue weighted by atomic mass is 10.1. The topological polar surface area (TPSA) is 148 Å². The first kappa shape index (κ1) is 26.3. The van der Waals surface area contributed by atoms with E-state index in [1.54, 1.807) is 41.7 Å². The molecular weight excluding hydrogens is 527 g/mol. The summed E-state index contributed by atoms with van der Waals surface area (Å²) in [5.74, 6) is 0.608. The maximum atomic E-state index is 6.03. The predicted molar refractivity (Wildman–Crippen MR) is 155 cm³/mol. The van der Waals surface area contributed by atoms with E-state index < -0.39 is 0 Å². The minimum absolute atomic E-state index is 0.252. The smallest absolute Gasteiger partial charge is 0.149 e. The molecule has 0 atom stereocenters. The third-order valence-electron chi connectivity index (χ3n) is 5.43. The Bertz CT molecular complexity index is 1470. The van der Waals surface area contributed by atoms with Crippen molar-refractivity contribution in [1.29, 1.82) is 0 Å². The van der Waals surface area contributed by atoms with Gasteiger partial charge in [-0.2, -0.15) is 5.10 Å². The zero-order chi connectivity index (χ0) is 26.5. The van der Waals surface area contributed by atoms with Gasteiger partial charge in [-0.05, 0) is 60.5 Å². The van der Waals surface area contributed by atoms with Gasteiger partial charge >= 0.3 is 0 Å². The SMILES string of the molecule is Cc1nc(-c2ccc(Cl)cc2)sc1Cn1cc(Cc2cc(N)nc(N)c2N)cn1.Nc1ccc(Cl)cc1. The summed E-state index contributed by atoms with van der Waals surface area (Å²) in [5.41, 5.74) is 28.1. The van der Waals surface area contributed by atoms with E-state index in [0.29, 0.717) is 29.5 Å². The van der Waals surface area contributed by atoms with E-state index in [1.807, 2.05) is 48.3 Å². The quantitative estimate of drug-likeness (QED) is 0.205. The maximum Gasteiger partial charge on any atom is 0.149 e. The van der Waals surface area contributed by atoms with Crippen molar-refractivity contribution in [2.45, 2.75) is 19.9 Å². The number of hydrogen-bond donors (Lipinski definition) is 4. The van der Waals surface area contributed by atoms with E-state index in [2.05, 4.69) is 10.1 Å². The van der Waals surface area contributed by atoms with E-state index in [4.69, 9.17) is 51.1 Å². The van der Waals surface area contributed by atoms with Gasteiger partial charge in [0.1, 0.15) is 16.6 Å². The van der Waals surface area contributed by atoms with Crippen molar-refractivity contribution < 1.29 is 0 Å². The Balaban J connectivity index is 0.000000342. The minimum Gasteiger partial charge on any atom is -0.399 e. The Hall–Kier alpha value is -3.79. The molecule has 0 amide bonds. The number of thiazole rings is 1. The highest BCUT2D eigenvalue weighted by Crippen LogP contribution is 2.29. The predicted octanol–water partition coefficient (Wildman–Crippen LogP) is 5.67. The number of rotatable bonds is 5. The second kappa shape index (κ2) is 11.5. The Morgan fingerprint density at radius 1 is 0.892 bits per heavy atom. The van der Waals surface area contributed by atoms with Crippen molar-refractivity contribution in [2.75, 3.05) is 22.9 Å². The van der Waals surface area contributed by atoms with Crippen LogP contribution >= 0.6 is 34.5 Å². The summed E-state index contributed by atoms with van der Waals surface area (Å²) in [6, 6.07) is 16.5. The first-order valence-electron chi connectivity index (χ1n) is 11.2. The Labute approximate surface area is 228 Å². The van der Waals surface area contributed by atoms with Gasteiger partial charge in [0.05, 0.1) is 24.1 Å². The third kappa shape index (κ3) is 6.91. The molecule has 0 bridgehead atoms. The van der Waals surface area contributed by atoms with Gasteiger partial charge in [0, 0.05) is 38.8 Å². The number of anilines is 4. The van der Waals surface area contributed by atoms with Crippen LogP contribution in [0.1, 0.15) is 21.7 Å². The van der Waals surface area contributed by atoms with Gasteiger partial charge < -0.3 is 22.9 Å². The Kier molecular flexibility index (Phi) is 8.17. The molecule has 0 saturated carbocycles. The number of pyridine rings is 1. The standard InChI is InChI=1S/C20H20ClN7S.C6H6ClN/c1-11-16(29-20(26-11)13-2-4-15(21)5-3-13)10-28-9-12(8-25-28)6-14-7-17(22)27-19(24)18(14)23;7-5-1-3-6(8)4-2-5/h2-5,7-9H,6,10,23H2,1H3,(H4,22,24,27);1-4H,8H2. The van der Waals surface area contributed by atoms with Crippen LogP contribution in [0.5, 0.6) is 0 Å². The van der Waals surface area contributed by atoms with Crippen LogP contribution in [0.15, 0.2) is 67.0 Å². The largest absolute Gasteiger partial charge is 0.399 e. The highest BCUT2D eigenvalue weighted by Gasteiger charge is 2.12. The molecule has 0 fully saturated rings. The van der Waals surface area contributed by atoms with Crippen LogP contribution in [-0.2, 0) is 13.0 Å². The molecule has 0 spiro atoms. The highest BCUT2D eigenvalue weighted by molar-refractivity contribution is 7.15. The molecule has 2 aromatic carbocycles. The molecule has 0 aliphatic carbocycles. The molecule has 0 radical (unpaired) electrons. The van der Waals surface area contributed by atoms with E-state index in [-0.39, 0.29) is 5.82 Å². The lowest BCUT2D eigenvalue weighted by Crippen LogP contribution is -2.05. The fourth-order valence-electron chi connectivity index (χ4n) is 3.50. The lowest BCUT2D eigenvalue weighted by molar-refractivity contribution is 0.690. The zero-order valence-corrected chi connectivity index (χ0v) is 22.4. The summed E-state index contributed by atoms with van der Waals surface area (Å²) in [6.07, 6.45) is 4.40. The molecule has 5 aromatic rings. The van der Waals surface area contributed by atoms with Crippen LogP contribution in [0.4, 0.5) is 23.0 Å². The average molecular weight is 554 g/mol. The first-order valence-corrected chi connectivity index (χ1v) is 12.8. The van der Waals surface area contributed by atoms with Crippen molar-refractivity contribution in [3.63, 3.8) is 0 Å². The Morgan fingerprint density at radius 3 is 2.19 bits per heavy atom. The fourth-order valence-corrected chi connectivity index (χ4v) is 4.82. The summed E-state index contributed by atoms with van der Waals surface area (Å²) in [4.78, 5) is 9.82. The summed E-state index contributed by atoms with van der Waals surface area (Å²) in [5, 5.41) is 6.88. The van der Waals surface area contributed by atoms with E-state index in [1.165, 1.54) is 0 Å². The van der Waals surface area contributed by atoms with Crippen molar-refractivity contribution >= 4 is 57.5 Å². The number of nitrogens with two attached hydrogens (primary N) is 4. The molecular formula is C26H26Cl2N8S. The summed E-state index contributed by atoms with van der Waals surface area (Å²) >= 11 is 13.2. The van der Waals surface area contributed by atoms with Gasteiger partial charge in [0.15, 0.2) is 0 Å². The Morgan fingerprint density at radius 2 is 1.54 bits per heavy atom. The van der Waals surface area contributed by atoms with E-state index >= 15 is 0 Å². The van der Waals surface area contributed by atoms with Crippen LogP contribution < -0.4 is 22.9 Å². The molecule has 0 aliphatic heterocycles. The molecule has 0 aliphatic rings. The van der Waals surface area contributed by atoms with Gasteiger partial charge in [-0.15, -0.1) is 11.3 Å². The average Bonchev–Trinajstić information content (AvgIpc) is 3.46. The van der Waals surface area contributed by atoms with Crippen molar-refractivity contribution in [1.82, 2.24) is 19.7 Å². The summed E-state index contributed by atoms with van der Waals surface area (Å²) in [6.45, 7) is 2.66. The third-order valence-corrected chi connectivity index (χ3v) is 7.13.